The minimum absolute atomic E-state index is 0.0403. The number of benzene rings is 1. The van der Waals surface area contributed by atoms with Crippen LogP contribution in [0.4, 0.5) is 21.5 Å². The number of aryl methyl sites for hydroxylation is 1. The van der Waals surface area contributed by atoms with Crippen LogP contribution in [0.2, 0.25) is 0 Å². The van der Waals surface area contributed by atoms with Crippen LogP contribution >= 0.6 is 0 Å². The lowest BCUT2D eigenvalue weighted by atomic mass is 10.0. The Bertz CT molecular complexity index is 1220. The van der Waals surface area contributed by atoms with Crippen molar-refractivity contribution in [2.75, 3.05) is 10.6 Å². The van der Waals surface area contributed by atoms with E-state index in [0.29, 0.717) is 29.9 Å². The van der Waals surface area contributed by atoms with Crippen LogP contribution in [0.1, 0.15) is 46.3 Å². The summed E-state index contributed by atoms with van der Waals surface area (Å²) in [6.07, 6.45) is 2.97. The van der Waals surface area contributed by atoms with Crippen molar-refractivity contribution < 1.29 is 13.6 Å². The van der Waals surface area contributed by atoms with E-state index >= 15 is 0 Å². The minimum atomic E-state index is -0.772. The number of anilines is 3. The quantitative estimate of drug-likeness (QED) is 0.389. The molecule has 4 rings (SSSR count). The summed E-state index contributed by atoms with van der Waals surface area (Å²) in [4.78, 5) is 36.6. The second kappa shape index (κ2) is 7.62. The van der Waals surface area contributed by atoms with Crippen molar-refractivity contribution in [2.45, 2.75) is 32.4 Å². The Hall–Kier alpha value is -3.68. The average molecular weight is 409 g/mol. The first-order valence-corrected chi connectivity index (χ1v) is 9.54. The van der Waals surface area contributed by atoms with E-state index < -0.39 is 22.6 Å². The van der Waals surface area contributed by atoms with Crippen molar-refractivity contribution in [1.29, 1.82) is 0 Å². The van der Waals surface area contributed by atoms with Gasteiger partial charge in [-0.05, 0) is 43.5 Å². The molecule has 0 aliphatic carbocycles. The molecule has 8 heteroatoms. The number of hydrogen-bond acceptors (Lipinski definition) is 6. The van der Waals surface area contributed by atoms with E-state index in [2.05, 4.69) is 22.5 Å². The number of nitrogens with one attached hydrogen (secondary N) is 3. The molecule has 1 atom stereocenters. The van der Waals surface area contributed by atoms with Crippen LogP contribution in [0.5, 0.6) is 0 Å². The Morgan fingerprint density at radius 1 is 1.17 bits per heavy atom. The van der Waals surface area contributed by atoms with E-state index in [4.69, 9.17) is 4.42 Å². The molecular weight excluding hydrogens is 389 g/mol. The topological polar surface area (TPSA) is 100 Å². The smallest absolute Gasteiger partial charge is 0.254 e. The maximum absolute atomic E-state index is 14.5. The van der Waals surface area contributed by atoms with E-state index in [1.54, 1.807) is 18.2 Å². The molecule has 0 spiro atoms. The first-order valence-electron chi connectivity index (χ1n) is 9.54. The number of allylic oxidation sites excluding steroid dienone is 1. The van der Waals surface area contributed by atoms with Gasteiger partial charge in [-0.25, -0.2) is 4.39 Å². The van der Waals surface area contributed by atoms with Crippen LogP contribution in [-0.2, 0) is 6.54 Å². The number of halogens is 1. The summed E-state index contributed by atoms with van der Waals surface area (Å²) in [5, 5.41) is 8.36. The molecule has 0 radical (unpaired) electrons. The van der Waals surface area contributed by atoms with Crippen molar-refractivity contribution in [3.63, 3.8) is 0 Å². The van der Waals surface area contributed by atoms with Crippen molar-refractivity contribution >= 4 is 23.0 Å². The van der Waals surface area contributed by atoms with E-state index in [9.17, 15) is 18.8 Å². The van der Waals surface area contributed by atoms with E-state index in [0.717, 1.165) is 0 Å². The van der Waals surface area contributed by atoms with Gasteiger partial charge in [0.25, 0.3) is 16.8 Å². The third-order valence-corrected chi connectivity index (χ3v) is 5.15. The lowest BCUT2D eigenvalue weighted by Crippen LogP contribution is -2.37. The Labute approximate surface area is 171 Å². The second-order valence-corrected chi connectivity index (χ2v) is 7.18. The predicted molar refractivity (Wildman–Crippen MR) is 111 cm³/mol. The highest BCUT2D eigenvalue weighted by Crippen LogP contribution is 2.33. The van der Waals surface area contributed by atoms with Gasteiger partial charge in [-0.1, -0.05) is 12.1 Å². The first-order chi connectivity index (χ1) is 14.4. The van der Waals surface area contributed by atoms with Crippen LogP contribution in [0.25, 0.3) is 0 Å². The number of hydrogen-bond donors (Lipinski definition) is 3. The van der Waals surface area contributed by atoms with Gasteiger partial charge in [0.1, 0.15) is 28.7 Å². The van der Waals surface area contributed by atoms with Gasteiger partial charge < -0.3 is 20.4 Å². The molecule has 3 aromatic rings. The summed E-state index contributed by atoms with van der Waals surface area (Å²) < 4.78 is 20.2. The molecule has 0 saturated carbocycles. The van der Waals surface area contributed by atoms with E-state index in [1.165, 1.54) is 12.1 Å². The zero-order chi connectivity index (χ0) is 21.4. The Kier molecular flexibility index (Phi) is 4.99. The molecule has 1 amide bonds. The standard InChI is InChI=1S/C22H20FN3O4/c1-3-4-5-14(15-9-6-11(2)30-15)25-18-19(21(28)20(18)27)26-17-13(23)8-7-12-10-24-22(29)16(12)17/h3,6-9,14,25-26H,1,4-5,10H2,2H3,(H,24,29)/t14-/m1/s1. The van der Waals surface area contributed by atoms with E-state index in [1.807, 2.05) is 6.92 Å². The highest BCUT2D eigenvalue weighted by molar-refractivity contribution is 6.04. The predicted octanol–water partition coefficient (Wildman–Crippen LogP) is 3.43. The van der Waals surface area contributed by atoms with Crippen molar-refractivity contribution in [3.05, 3.63) is 85.8 Å². The molecule has 1 aromatic heterocycles. The van der Waals surface area contributed by atoms with E-state index in [-0.39, 0.29) is 35.2 Å². The maximum Gasteiger partial charge on any atom is 0.254 e. The molecule has 1 aliphatic heterocycles. The van der Waals surface area contributed by atoms with Gasteiger partial charge in [0, 0.05) is 6.54 Å². The SMILES string of the molecule is C=CCC[C@@H](Nc1c(Nc2c(F)ccc3c2C(=O)NC3)c(=O)c1=O)c1ccc(C)o1. The van der Waals surface area contributed by atoms with Gasteiger partial charge in [-0.3, -0.25) is 14.4 Å². The zero-order valence-electron chi connectivity index (χ0n) is 16.3. The Morgan fingerprint density at radius 2 is 1.93 bits per heavy atom. The van der Waals surface area contributed by atoms with Crippen LogP contribution in [-0.4, -0.2) is 5.91 Å². The normalized spacial score (nSPS) is 13.7. The molecule has 0 bridgehead atoms. The summed E-state index contributed by atoms with van der Waals surface area (Å²) >= 11 is 0. The highest BCUT2D eigenvalue weighted by Gasteiger charge is 2.30. The molecule has 30 heavy (non-hydrogen) atoms. The molecule has 0 saturated heterocycles. The molecule has 3 N–H and O–H groups in total. The van der Waals surface area contributed by atoms with Gasteiger partial charge >= 0.3 is 0 Å². The van der Waals surface area contributed by atoms with Gasteiger partial charge in [0.05, 0.1) is 17.3 Å². The summed E-state index contributed by atoms with van der Waals surface area (Å²) in [6.45, 7) is 5.80. The number of furan rings is 1. The summed E-state index contributed by atoms with van der Waals surface area (Å²) in [7, 11) is 0. The number of rotatable bonds is 8. The molecule has 0 fully saturated rings. The largest absolute Gasteiger partial charge is 0.464 e. The van der Waals surface area contributed by atoms with Crippen LogP contribution in [0, 0.1) is 12.7 Å². The number of fused-ring (bicyclic) bond motifs is 1. The third-order valence-electron chi connectivity index (χ3n) is 5.15. The molecule has 7 nitrogen and oxygen atoms in total. The van der Waals surface area contributed by atoms with Crippen LogP contribution in [0.3, 0.4) is 0 Å². The van der Waals surface area contributed by atoms with Crippen molar-refractivity contribution in [3.8, 4) is 0 Å². The molecule has 2 heterocycles. The highest BCUT2D eigenvalue weighted by atomic mass is 19.1. The van der Waals surface area contributed by atoms with Crippen molar-refractivity contribution in [2.24, 2.45) is 0 Å². The molecule has 1 aliphatic rings. The maximum atomic E-state index is 14.5. The van der Waals surface area contributed by atoms with Crippen molar-refractivity contribution in [1.82, 2.24) is 5.32 Å². The van der Waals surface area contributed by atoms with Gasteiger partial charge in [0.2, 0.25) is 0 Å². The fraction of sp³-hybridized carbons (Fsp3) is 0.227. The lowest BCUT2D eigenvalue weighted by molar-refractivity contribution is 0.0966. The average Bonchev–Trinajstić information content (AvgIpc) is 3.33. The second-order valence-electron chi connectivity index (χ2n) is 7.18. The molecular formula is C22H20FN3O4. The van der Waals surface area contributed by atoms with Gasteiger partial charge in [-0.15, -0.1) is 6.58 Å². The number of carbonyl (C=O) groups excluding carboxylic acids is 1. The summed E-state index contributed by atoms with van der Waals surface area (Å²) in [5.74, 6) is 0.205. The zero-order valence-corrected chi connectivity index (χ0v) is 16.3. The van der Waals surface area contributed by atoms with Gasteiger partial charge in [0.15, 0.2) is 0 Å². The number of amides is 1. The monoisotopic (exact) mass is 409 g/mol. The lowest BCUT2D eigenvalue weighted by Gasteiger charge is -2.21. The molecule has 154 valence electrons. The summed E-state index contributed by atoms with van der Waals surface area (Å²) in [5.41, 5.74) is -0.870. The summed E-state index contributed by atoms with van der Waals surface area (Å²) in [6, 6.07) is 5.96. The molecule has 0 unspecified atom stereocenters. The van der Waals surface area contributed by atoms with Crippen LogP contribution in [0.15, 0.2) is 50.9 Å². The molecule has 2 aromatic carbocycles. The fourth-order valence-electron chi connectivity index (χ4n) is 3.57. The fourth-order valence-corrected chi connectivity index (χ4v) is 3.57. The van der Waals surface area contributed by atoms with Gasteiger partial charge in [-0.2, -0.15) is 0 Å². The minimum Gasteiger partial charge on any atom is -0.464 e. The third kappa shape index (κ3) is 3.30. The van der Waals surface area contributed by atoms with Crippen LogP contribution < -0.4 is 26.8 Å². The Morgan fingerprint density at radius 3 is 2.63 bits per heavy atom. The Balaban J connectivity index is 1.67. The first kappa shape index (κ1) is 19.6. The number of carbonyl (C=O) groups is 1.